The van der Waals surface area contributed by atoms with Crippen molar-refractivity contribution in [2.45, 2.75) is 44.6 Å². The third-order valence-electron chi connectivity index (χ3n) is 3.93. The van der Waals surface area contributed by atoms with Crippen LogP contribution in [0.4, 0.5) is 5.82 Å². The van der Waals surface area contributed by atoms with Crippen LogP contribution in [0.2, 0.25) is 0 Å². The highest BCUT2D eigenvalue weighted by Gasteiger charge is 2.32. The van der Waals surface area contributed by atoms with Crippen LogP contribution in [0.1, 0.15) is 55.9 Å². The average Bonchev–Trinajstić information content (AvgIpc) is 2.66. The second-order valence-corrected chi connectivity index (χ2v) is 5.20. The van der Waals surface area contributed by atoms with Gasteiger partial charge in [0, 0.05) is 18.7 Å². The van der Waals surface area contributed by atoms with Gasteiger partial charge >= 0.3 is 0 Å². The smallest absolute Gasteiger partial charge is 0.135 e. The molecule has 2 heterocycles. The number of nitrogens with zero attached hydrogens (tertiary/aromatic N) is 3. The molecule has 2 aliphatic rings. The molecule has 1 aliphatic carbocycles. The second-order valence-electron chi connectivity index (χ2n) is 5.20. The third-order valence-corrected chi connectivity index (χ3v) is 3.93. The molecule has 0 spiro atoms. The molecule has 17 heavy (non-hydrogen) atoms. The third kappa shape index (κ3) is 1.80. The van der Waals surface area contributed by atoms with Gasteiger partial charge in [-0.05, 0) is 31.6 Å². The van der Waals surface area contributed by atoms with Gasteiger partial charge in [-0.15, -0.1) is 0 Å². The number of aromatic nitrogens is 2. The van der Waals surface area contributed by atoms with Crippen molar-refractivity contribution in [3.63, 3.8) is 0 Å². The molecule has 4 nitrogen and oxygen atoms in total. The maximum absolute atomic E-state index is 9.97. The maximum atomic E-state index is 9.97. The lowest BCUT2D eigenvalue weighted by molar-refractivity contribution is 0.170. The highest BCUT2D eigenvalue weighted by molar-refractivity contribution is 5.53. The molecule has 0 aromatic carbocycles. The van der Waals surface area contributed by atoms with Crippen LogP contribution >= 0.6 is 0 Å². The SMILES string of the molecule is C[C@@H]1C[C@H](O)c2ncnc(N3CCCCC3)c21. The summed E-state index contributed by atoms with van der Waals surface area (Å²) in [6, 6.07) is 0. The normalized spacial score (nSPS) is 28.2. The van der Waals surface area contributed by atoms with E-state index < -0.39 is 6.10 Å². The Morgan fingerprint density at radius 3 is 2.76 bits per heavy atom. The Morgan fingerprint density at radius 1 is 1.24 bits per heavy atom. The molecule has 1 aliphatic heterocycles. The fraction of sp³-hybridized carbons (Fsp3) is 0.692. The minimum atomic E-state index is -0.397. The first-order valence-electron chi connectivity index (χ1n) is 6.55. The van der Waals surface area contributed by atoms with Gasteiger partial charge in [0.2, 0.25) is 0 Å². The van der Waals surface area contributed by atoms with E-state index in [9.17, 15) is 5.11 Å². The van der Waals surface area contributed by atoms with E-state index in [0.29, 0.717) is 5.92 Å². The lowest BCUT2D eigenvalue weighted by Crippen LogP contribution is -2.31. The highest BCUT2D eigenvalue weighted by Crippen LogP contribution is 2.42. The van der Waals surface area contributed by atoms with E-state index in [-0.39, 0.29) is 0 Å². The summed E-state index contributed by atoms with van der Waals surface area (Å²) < 4.78 is 0. The van der Waals surface area contributed by atoms with Crippen molar-refractivity contribution in [2.75, 3.05) is 18.0 Å². The molecule has 1 fully saturated rings. The zero-order valence-corrected chi connectivity index (χ0v) is 10.3. The van der Waals surface area contributed by atoms with Gasteiger partial charge in [0.1, 0.15) is 12.1 Å². The maximum Gasteiger partial charge on any atom is 0.135 e. The molecule has 1 aromatic rings. The number of rotatable bonds is 1. The summed E-state index contributed by atoms with van der Waals surface area (Å²) >= 11 is 0. The van der Waals surface area contributed by atoms with Crippen molar-refractivity contribution in [3.8, 4) is 0 Å². The van der Waals surface area contributed by atoms with Crippen molar-refractivity contribution >= 4 is 5.82 Å². The number of hydrogen-bond donors (Lipinski definition) is 1. The first kappa shape index (κ1) is 11.0. The van der Waals surface area contributed by atoms with Crippen LogP contribution in [0, 0.1) is 0 Å². The van der Waals surface area contributed by atoms with Gasteiger partial charge in [0.05, 0.1) is 11.8 Å². The number of aliphatic hydroxyl groups excluding tert-OH is 1. The summed E-state index contributed by atoms with van der Waals surface area (Å²) in [6.07, 6.45) is 5.80. The van der Waals surface area contributed by atoms with Gasteiger partial charge in [-0.25, -0.2) is 9.97 Å². The van der Waals surface area contributed by atoms with E-state index in [4.69, 9.17) is 0 Å². The molecule has 1 saturated heterocycles. The molecular weight excluding hydrogens is 214 g/mol. The Hall–Kier alpha value is -1.16. The molecule has 0 amide bonds. The largest absolute Gasteiger partial charge is 0.387 e. The quantitative estimate of drug-likeness (QED) is 0.806. The summed E-state index contributed by atoms with van der Waals surface area (Å²) in [5.74, 6) is 1.44. The Labute approximate surface area is 102 Å². The predicted octanol–water partition coefficient (Wildman–Crippen LogP) is 2.01. The molecule has 0 radical (unpaired) electrons. The zero-order chi connectivity index (χ0) is 11.8. The lowest BCUT2D eigenvalue weighted by Gasteiger charge is -2.29. The molecule has 0 saturated carbocycles. The minimum absolute atomic E-state index is 0.373. The highest BCUT2D eigenvalue weighted by atomic mass is 16.3. The number of anilines is 1. The zero-order valence-electron chi connectivity index (χ0n) is 10.3. The van der Waals surface area contributed by atoms with E-state index >= 15 is 0 Å². The average molecular weight is 233 g/mol. The van der Waals surface area contributed by atoms with Crippen molar-refractivity contribution in [2.24, 2.45) is 0 Å². The van der Waals surface area contributed by atoms with Gasteiger partial charge in [0.15, 0.2) is 0 Å². The Morgan fingerprint density at radius 2 is 2.00 bits per heavy atom. The Balaban J connectivity index is 2.00. The van der Waals surface area contributed by atoms with E-state index in [2.05, 4.69) is 21.8 Å². The lowest BCUT2D eigenvalue weighted by atomic mass is 10.0. The first-order valence-corrected chi connectivity index (χ1v) is 6.55. The molecule has 1 aromatic heterocycles. The molecule has 3 rings (SSSR count). The molecule has 92 valence electrons. The van der Waals surface area contributed by atoms with Gasteiger partial charge in [0.25, 0.3) is 0 Å². The monoisotopic (exact) mass is 233 g/mol. The summed E-state index contributed by atoms with van der Waals surface area (Å²) in [7, 11) is 0. The van der Waals surface area contributed by atoms with Crippen LogP contribution in [0.25, 0.3) is 0 Å². The van der Waals surface area contributed by atoms with Crippen molar-refractivity contribution in [1.82, 2.24) is 9.97 Å². The second kappa shape index (κ2) is 4.26. The summed E-state index contributed by atoms with van der Waals surface area (Å²) in [5.41, 5.74) is 2.04. The van der Waals surface area contributed by atoms with Crippen molar-refractivity contribution < 1.29 is 5.11 Å². The number of aliphatic hydroxyl groups is 1. The number of hydrogen-bond acceptors (Lipinski definition) is 4. The number of piperidine rings is 1. The number of fused-ring (bicyclic) bond motifs is 1. The van der Waals surface area contributed by atoms with Gasteiger partial charge in [-0.1, -0.05) is 6.92 Å². The summed E-state index contributed by atoms with van der Waals surface area (Å²) in [5, 5.41) is 9.97. The van der Waals surface area contributed by atoms with E-state index in [1.54, 1.807) is 6.33 Å². The fourth-order valence-corrected chi connectivity index (χ4v) is 3.06. The molecule has 0 bridgehead atoms. The minimum Gasteiger partial charge on any atom is -0.387 e. The van der Waals surface area contributed by atoms with Crippen LogP contribution in [0.15, 0.2) is 6.33 Å². The Bertz CT molecular complexity index is 415. The molecule has 2 atom stereocenters. The van der Waals surface area contributed by atoms with Crippen LogP contribution in [0.5, 0.6) is 0 Å². The molecule has 0 unspecified atom stereocenters. The topological polar surface area (TPSA) is 49.3 Å². The fourth-order valence-electron chi connectivity index (χ4n) is 3.06. The van der Waals surface area contributed by atoms with E-state index in [0.717, 1.165) is 31.0 Å². The van der Waals surface area contributed by atoms with Gasteiger partial charge in [-0.3, -0.25) is 0 Å². The van der Waals surface area contributed by atoms with Gasteiger partial charge in [-0.2, -0.15) is 0 Å². The van der Waals surface area contributed by atoms with Gasteiger partial charge < -0.3 is 10.0 Å². The van der Waals surface area contributed by atoms with Crippen LogP contribution in [-0.2, 0) is 0 Å². The molecule has 4 heteroatoms. The molecular formula is C13H19N3O. The van der Waals surface area contributed by atoms with Crippen molar-refractivity contribution in [3.05, 3.63) is 17.6 Å². The summed E-state index contributed by atoms with van der Waals surface area (Å²) in [4.78, 5) is 11.1. The van der Waals surface area contributed by atoms with Crippen LogP contribution < -0.4 is 4.90 Å². The van der Waals surface area contributed by atoms with E-state index in [1.807, 2.05) is 0 Å². The van der Waals surface area contributed by atoms with Crippen LogP contribution in [-0.4, -0.2) is 28.2 Å². The predicted molar refractivity (Wildman–Crippen MR) is 66.1 cm³/mol. The van der Waals surface area contributed by atoms with E-state index in [1.165, 1.54) is 24.8 Å². The molecule has 1 N–H and O–H groups in total. The Kier molecular flexibility index (Phi) is 2.74. The first-order chi connectivity index (χ1) is 8.27. The summed E-state index contributed by atoms with van der Waals surface area (Å²) in [6.45, 7) is 4.34. The standard InChI is InChI=1S/C13H19N3O/c1-9-7-10(17)12-11(9)13(15-8-14-12)16-5-3-2-4-6-16/h8-10,17H,2-7H2,1H3/t9-,10+/m1/s1. The van der Waals surface area contributed by atoms with Crippen molar-refractivity contribution in [1.29, 1.82) is 0 Å². The van der Waals surface area contributed by atoms with Crippen LogP contribution in [0.3, 0.4) is 0 Å².